The van der Waals surface area contributed by atoms with E-state index in [4.69, 9.17) is 9.47 Å². The van der Waals surface area contributed by atoms with Gasteiger partial charge in [0, 0.05) is 6.54 Å². The number of carboxylic acid groups (broad SMARTS) is 1. The van der Waals surface area contributed by atoms with E-state index < -0.39 is 5.97 Å². The normalized spacial score (nSPS) is 14.0. The number of imidazole rings is 1. The Kier molecular flexibility index (Phi) is 10.0. The zero-order valence-electron chi connectivity index (χ0n) is 18.5. The molecule has 1 aliphatic heterocycles. The molecule has 4 rings (SSSR count). The van der Waals surface area contributed by atoms with Crippen molar-refractivity contribution in [1.82, 2.24) is 14.9 Å². The molecule has 0 atom stereocenters. The van der Waals surface area contributed by atoms with Crippen LogP contribution in [-0.2, 0) is 0 Å². The molecule has 2 heterocycles. The number of benzene rings is 2. The van der Waals surface area contributed by atoms with Crippen molar-refractivity contribution in [3.05, 3.63) is 53.3 Å². The van der Waals surface area contributed by atoms with Gasteiger partial charge in [0.25, 0.3) is 0 Å². The van der Waals surface area contributed by atoms with Gasteiger partial charge in [-0.1, -0.05) is 24.6 Å². The molecule has 0 radical (unpaired) electrons. The van der Waals surface area contributed by atoms with Crippen molar-refractivity contribution < 1.29 is 19.4 Å². The topological polar surface area (TPSA) is 87.7 Å². The van der Waals surface area contributed by atoms with E-state index in [-0.39, 0.29) is 30.4 Å². The predicted octanol–water partition coefficient (Wildman–Crippen LogP) is 5.15. The summed E-state index contributed by atoms with van der Waals surface area (Å²) in [6, 6.07) is 10.8. The fraction of sp³-hybridized carbons (Fsp3) is 0.333. The molecular weight excluding hydrogens is 465 g/mol. The molecule has 2 N–H and O–H groups in total. The van der Waals surface area contributed by atoms with Crippen LogP contribution in [0.4, 0.5) is 0 Å². The van der Waals surface area contributed by atoms with Crippen LogP contribution in [0.1, 0.15) is 41.0 Å². The maximum Gasteiger partial charge on any atom is 0.337 e. The Hall–Kier alpha value is -2.74. The summed E-state index contributed by atoms with van der Waals surface area (Å²) in [6.45, 7) is 3.87. The summed E-state index contributed by atoms with van der Waals surface area (Å²) in [5.74, 6) is 1.00. The molecule has 2 aromatic carbocycles. The van der Waals surface area contributed by atoms with Crippen LogP contribution in [-0.4, -0.2) is 59.3 Å². The summed E-state index contributed by atoms with van der Waals surface area (Å²) in [6.07, 6.45) is 7.59. The van der Waals surface area contributed by atoms with E-state index in [0.717, 1.165) is 30.9 Å². The number of likely N-dealkylation sites (tertiary alicyclic amines) is 1. The molecule has 9 heteroatoms. The highest BCUT2D eigenvalue weighted by molar-refractivity contribution is 6.01. The number of nitrogens with zero attached hydrogens (tertiary/aromatic N) is 2. The van der Waals surface area contributed by atoms with Crippen LogP contribution >= 0.6 is 24.8 Å². The van der Waals surface area contributed by atoms with Crippen molar-refractivity contribution in [2.75, 3.05) is 33.4 Å². The molecule has 0 spiro atoms. The number of para-hydroxylation sites is 1. The smallest absolute Gasteiger partial charge is 0.337 e. The molecule has 0 aliphatic carbocycles. The number of fused-ring (bicyclic) bond motifs is 1. The van der Waals surface area contributed by atoms with Crippen LogP contribution in [0.5, 0.6) is 11.5 Å². The van der Waals surface area contributed by atoms with Crippen LogP contribution in [0.2, 0.25) is 0 Å². The lowest BCUT2D eigenvalue weighted by molar-refractivity contribution is 0.0699. The number of carbonyl (C=O) groups is 1. The molecule has 3 aromatic rings. The van der Waals surface area contributed by atoms with Gasteiger partial charge in [0.05, 0.1) is 18.2 Å². The number of H-pyrrole nitrogens is 1. The van der Waals surface area contributed by atoms with Gasteiger partial charge in [0.1, 0.15) is 17.9 Å². The lowest BCUT2D eigenvalue weighted by atomic mass is 10.1. The van der Waals surface area contributed by atoms with Gasteiger partial charge in [-0.2, -0.15) is 0 Å². The predicted molar refractivity (Wildman–Crippen MR) is 135 cm³/mol. The van der Waals surface area contributed by atoms with E-state index in [0.29, 0.717) is 29.2 Å². The van der Waals surface area contributed by atoms with E-state index in [1.54, 1.807) is 19.2 Å². The van der Waals surface area contributed by atoms with Gasteiger partial charge in [-0.15, -0.1) is 24.8 Å². The fourth-order valence-electron chi connectivity index (χ4n) is 3.85. The highest BCUT2D eigenvalue weighted by Gasteiger charge is 2.12. The van der Waals surface area contributed by atoms with Crippen LogP contribution in [0, 0.1) is 0 Å². The van der Waals surface area contributed by atoms with Gasteiger partial charge >= 0.3 is 5.97 Å². The van der Waals surface area contributed by atoms with Crippen LogP contribution in [0.15, 0.2) is 36.4 Å². The minimum atomic E-state index is -0.992. The van der Waals surface area contributed by atoms with Crippen molar-refractivity contribution in [2.45, 2.75) is 19.3 Å². The lowest BCUT2D eigenvalue weighted by Gasteiger charge is -2.26. The molecule has 1 fully saturated rings. The SMILES string of the molecule is COc1cc(/C=C/c2nc3c(C(=O)O)cccc3[nH]2)ccc1OCCN1CCCCC1.Cl.Cl. The Bertz CT molecular complexity index is 1090. The number of rotatable bonds is 8. The molecule has 1 aromatic heterocycles. The van der Waals surface area contributed by atoms with Crippen molar-refractivity contribution in [3.63, 3.8) is 0 Å². The van der Waals surface area contributed by atoms with Gasteiger partial charge in [-0.05, 0) is 61.8 Å². The average Bonchev–Trinajstić information content (AvgIpc) is 3.22. The van der Waals surface area contributed by atoms with Crippen LogP contribution < -0.4 is 9.47 Å². The fourth-order valence-corrected chi connectivity index (χ4v) is 3.85. The third kappa shape index (κ3) is 6.63. The number of ether oxygens (including phenoxy) is 2. The van der Waals surface area contributed by atoms with Crippen molar-refractivity contribution in [1.29, 1.82) is 0 Å². The first kappa shape index (κ1) is 26.5. The largest absolute Gasteiger partial charge is 0.493 e. The van der Waals surface area contributed by atoms with Gasteiger partial charge < -0.3 is 19.6 Å². The highest BCUT2D eigenvalue weighted by atomic mass is 35.5. The molecular formula is C24H29Cl2N3O4. The summed E-state index contributed by atoms with van der Waals surface area (Å²) in [5, 5.41) is 9.32. The Morgan fingerprint density at radius 1 is 1.12 bits per heavy atom. The quantitative estimate of drug-likeness (QED) is 0.451. The maximum atomic E-state index is 11.4. The number of halogens is 2. The molecule has 0 saturated carbocycles. The van der Waals surface area contributed by atoms with Crippen LogP contribution in [0.3, 0.4) is 0 Å². The third-order valence-corrected chi connectivity index (χ3v) is 5.50. The molecule has 178 valence electrons. The van der Waals surface area contributed by atoms with Gasteiger partial charge in [-0.25, -0.2) is 9.78 Å². The minimum Gasteiger partial charge on any atom is -0.493 e. The number of hydrogen-bond donors (Lipinski definition) is 2. The van der Waals surface area contributed by atoms with Gasteiger partial charge in [0.2, 0.25) is 0 Å². The first-order valence-corrected chi connectivity index (χ1v) is 10.6. The highest BCUT2D eigenvalue weighted by Crippen LogP contribution is 2.29. The van der Waals surface area contributed by atoms with E-state index in [1.807, 2.05) is 36.4 Å². The zero-order valence-corrected chi connectivity index (χ0v) is 20.1. The molecule has 0 bridgehead atoms. The Morgan fingerprint density at radius 3 is 2.64 bits per heavy atom. The molecule has 0 unspecified atom stereocenters. The third-order valence-electron chi connectivity index (χ3n) is 5.50. The standard InChI is InChI=1S/C24H27N3O4.2ClH/c1-30-21-16-17(8-10-20(21)31-15-14-27-12-3-2-4-13-27)9-11-22-25-19-7-5-6-18(24(28)29)23(19)26-22;;/h5-11,16H,2-4,12-15H2,1H3,(H,25,26)(H,28,29);2*1H/b11-9+;;. The zero-order chi connectivity index (χ0) is 21.6. The van der Waals surface area contributed by atoms with Crippen molar-refractivity contribution in [2.24, 2.45) is 0 Å². The molecule has 33 heavy (non-hydrogen) atoms. The Morgan fingerprint density at radius 2 is 1.91 bits per heavy atom. The summed E-state index contributed by atoms with van der Waals surface area (Å²) < 4.78 is 11.5. The number of aromatic carboxylic acids is 1. The van der Waals surface area contributed by atoms with E-state index >= 15 is 0 Å². The van der Waals surface area contributed by atoms with Gasteiger partial charge in [-0.3, -0.25) is 4.90 Å². The number of carboxylic acids is 1. The van der Waals surface area contributed by atoms with Crippen molar-refractivity contribution >= 4 is 54.0 Å². The number of hydrogen-bond acceptors (Lipinski definition) is 5. The van der Waals surface area contributed by atoms with E-state index in [9.17, 15) is 9.90 Å². The minimum absolute atomic E-state index is 0. The Labute approximate surface area is 205 Å². The number of aromatic nitrogens is 2. The van der Waals surface area contributed by atoms with E-state index in [2.05, 4.69) is 14.9 Å². The Balaban J connectivity index is 0.00000193. The second-order valence-corrected chi connectivity index (χ2v) is 7.62. The molecule has 0 amide bonds. The second kappa shape index (κ2) is 12.5. The number of nitrogens with one attached hydrogen (secondary N) is 1. The summed E-state index contributed by atoms with van der Waals surface area (Å²) in [7, 11) is 1.63. The van der Waals surface area contributed by atoms with E-state index in [1.165, 1.54) is 19.3 Å². The first-order chi connectivity index (χ1) is 15.1. The summed E-state index contributed by atoms with van der Waals surface area (Å²) in [5.41, 5.74) is 2.25. The number of piperidine rings is 1. The second-order valence-electron chi connectivity index (χ2n) is 7.62. The van der Waals surface area contributed by atoms with Crippen molar-refractivity contribution in [3.8, 4) is 11.5 Å². The lowest BCUT2D eigenvalue weighted by Crippen LogP contribution is -2.33. The van der Waals surface area contributed by atoms with Gasteiger partial charge in [0.15, 0.2) is 11.5 Å². The first-order valence-electron chi connectivity index (χ1n) is 10.6. The van der Waals surface area contributed by atoms with Crippen LogP contribution in [0.25, 0.3) is 23.2 Å². The maximum absolute atomic E-state index is 11.4. The summed E-state index contributed by atoms with van der Waals surface area (Å²) in [4.78, 5) is 21.4. The molecule has 1 aliphatic rings. The molecule has 7 nitrogen and oxygen atoms in total. The summed E-state index contributed by atoms with van der Waals surface area (Å²) >= 11 is 0. The monoisotopic (exact) mass is 493 g/mol. The number of methoxy groups -OCH3 is 1. The number of aromatic amines is 1. The average molecular weight is 494 g/mol. The molecule has 1 saturated heterocycles.